The fourth-order valence-electron chi connectivity index (χ4n) is 0.516. The Morgan fingerprint density at radius 3 is 2.80 bits per heavy atom. The highest BCUT2D eigenvalue weighted by Gasteiger charge is 1.99. The van der Waals surface area contributed by atoms with E-state index < -0.39 is 5.95 Å². The molecule has 10 heavy (non-hydrogen) atoms. The fraction of sp³-hybridized carbons (Fsp3) is 0. The predicted molar refractivity (Wildman–Crippen MR) is 37.3 cm³/mol. The Hall–Kier alpha value is -0.770. The molecule has 0 aromatic carbocycles. The maximum Gasteiger partial charge on any atom is 0.213 e. The minimum Gasteiger partial charge on any atom is -0.296 e. The summed E-state index contributed by atoms with van der Waals surface area (Å²) in [4.78, 5) is 13.4. The van der Waals surface area contributed by atoms with E-state index in [4.69, 9.17) is 0 Å². The lowest BCUT2D eigenvalue weighted by molar-refractivity contribution is 0.111. The summed E-state index contributed by atoms with van der Waals surface area (Å²) in [6, 6.07) is 2.61. The standard InChI is InChI=1S/C6H3BrFNO/c7-4-1-2-6(8)9-5(4)3-10/h1-3H. The van der Waals surface area contributed by atoms with Crippen molar-refractivity contribution in [1.82, 2.24) is 4.98 Å². The van der Waals surface area contributed by atoms with Crippen LogP contribution in [0.15, 0.2) is 16.6 Å². The topological polar surface area (TPSA) is 30.0 Å². The molecule has 0 radical (unpaired) electrons. The summed E-state index contributed by atoms with van der Waals surface area (Å²) in [5, 5.41) is 0. The van der Waals surface area contributed by atoms with E-state index in [0.29, 0.717) is 10.8 Å². The van der Waals surface area contributed by atoms with Gasteiger partial charge in [-0.2, -0.15) is 4.39 Å². The van der Waals surface area contributed by atoms with Crippen LogP contribution in [-0.2, 0) is 0 Å². The molecule has 0 amide bonds. The highest BCUT2D eigenvalue weighted by Crippen LogP contribution is 2.11. The molecule has 0 fully saturated rings. The zero-order valence-corrected chi connectivity index (χ0v) is 6.43. The third-order valence-electron chi connectivity index (χ3n) is 0.951. The molecule has 1 rings (SSSR count). The van der Waals surface area contributed by atoms with Crippen LogP contribution in [0.25, 0.3) is 0 Å². The Kier molecular flexibility index (Phi) is 2.11. The van der Waals surface area contributed by atoms with Gasteiger partial charge in [-0.3, -0.25) is 4.79 Å². The summed E-state index contributed by atoms with van der Waals surface area (Å²) >= 11 is 3.03. The van der Waals surface area contributed by atoms with Gasteiger partial charge in [-0.25, -0.2) is 4.98 Å². The van der Waals surface area contributed by atoms with Crippen molar-refractivity contribution in [3.8, 4) is 0 Å². The van der Waals surface area contributed by atoms with Crippen LogP contribution in [0.2, 0.25) is 0 Å². The monoisotopic (exact) mass is 203 g/mol. The summed E-state index contributed by atoms with van der Waals surface area (Å²) in [6.45, 7) is 0. The molecule has 0 saturated carbocycles. The van der Waals surface area contributed by atoms with Crippen LogP contribution in [0.4, 0.5) is 4.39 Å². The van der Waals surface area contributed by atoms with E-state index in [1.807, 2.05) is 0 Å². The summed E-state index contributed by atoms with van der Waals surface area (Å²) < 4.78 is 12.7. The van der Waals surface area contributed by atoms with Gasteiger partial charge in [0.25, 0.3) is 0 Å². The molecule has 52 valence electrons. The van der Waals surface area contributed by atoms with Crippen molar-refractivity contribution in [2.24, 2.45) is 0 Å². The number of aromatic nitrogens is 1. The molecular formula is C6H3BrFNO. The van der Waals surface area contributed by atoms with Gasteiger partial charge in [-0.1, -0.05) is 0 Å². The van der Waals surface area contributed by atoms with Gasteiger partial charge in [0, 0.05) is 4.47 Å². The molecular weight excluding hydrogens is 201 g/mol. The van der Waals surface area contributed by atoms with Crippen LogP contribution >= 0.6 is 15.9 Å². The van der Waals surface area contributed by atoms with E-state index in [-0.39, 0.29) is 5.69 Å². The first-order chi connectivity index (χ1) is 4.74. The number of rotatable bonds is 1. The first kappa shape index (κ1) is 7.34. The van der Waals surface area contributed by atoms with Gasteiger partial charge in [-0.05, 0) is 28.1 Å². The van der Waals surface area contributed by atoms with Gasteiger partial charge in [0.15, 0.2) is 6.29 Å². The summed E-state index contributed by atoms with van der Waals surface area (Å²) in [7, 11) is 0. The molecule has 0 atom stereocenters. The maximum absolute atomic E-state index is 12.2. The second-order valence-corrected chi connectivity index (χ2v) is 2.47. The van der Waals surface area contributed by atoms with Crippen LogP contribution in [0, 0.1) is 5.95 Å². The van der Waals surface area contributed by atoms with Crippen molar-refractivity contribution in [2.45, 2.75) is 0 Å². The van der Waals surface area contributed by atoms with Crippen LogP contribution in [0.1, 0.15) is 10.5 Å². The minimum absolute atomic E-state index is 0.0833. The van der Waals surface area contributed by atoms with E-state index in [1.165, 1.54) is 12.1 Å². The molecule has 2 nitrogen and oxygen atoms in total. The number of carbonyl (C=O) groups excluding carboxylic acids is 1. The average Bonchev–Trinajstić information content (AvgIpc) is 1.94. The Balaban J connectivity index is 3.21. The smallest absolute Gasteiger partial charge is 0.213 e. The Bertz CT molecular complexity index is 264. The second kappa shape index (κ2) is 2.88. The lowest BCUT2D eigenvalue weighted by Crippen LogP contribution is -1.90. The summed E-state index contributed by atoms with van der Waals surface area (Å²) in [5.41, 5.74) is 0.0833. The first-order valence-electron chi connectivity index (χ1n) is 2.51. The molecule has 1 heterocycles. The number of carbonyl (C=O) groups is 1. The van der Waals surface area contributed by atoms with E-state index in [2.05, 4.69) is 20.9 Å². The third kappa shape index (κ3) is 1.39. The largest absolute Gasteiger partial charge is 0.296 e. The van der Waals surface area contributed by atoms with Crippen LogP contribution in [0.5, 0.6) is 0 Å². The molecule has 0 saturated heterocycles. The number of hydrogen-bond donors (Lipinski definition) is 0. The molecule has 0 aliphatic rings. The summed E-state index contributed by atoms with van der Waals surface area (Å²) in [5.74, 6) is -0.648. The van der Waals surface area contributed by atoms with Crippen molar-refractivity contribution in [2.75, 3.05) is 0 Å². The molecule has 0 N–H and O–H groups in total. The lowest BCUT2D eigenvalue weighted by atomic mass is 10.4. The molecule has 0 bridgehead atoms. The predicted octanol–water partition coefficient (Wildman–Crippen LogP) is 1.80. The fourth-order valence-corrected chi connectivity index (χ4v) is 0.830. The molecule has 0 spiro atoms. The zero-order valence-electron chi connectivity index (χ0n) is 4.84. The van der Waals surface area contributed by atoms with Crippen LogP contribution in [-0.4, -0.2) is 11.3 Å². The third-order valence-corrected chi connectivity index (χ3v) is 1.62. The zero-order chi connectivity index (χ0) is 7.56. The molecule has 4 heteroatoms. The van der Waals surface area contributed by atoms with Crippen LogP contribution in [0.3, 0.4) is 0 Å². The first-order valence-corrected chi connectivity index (χ1v) is 3.30. The summed E-state index contributed by atoms with van der Waals surface area (Å²) in [6.07, 6.45) is 0.493. The van der Waals surface area contributed by atoms with Crippen LogP contribution < -0.4 is 0 Å². The van der Waals surface area contributed by atoms with Gasteiger partial charge in [-0.15, -0.1) is 0 Å². The van der Waals surface area contributed by atoms with Crippen molar-refractivity contribution in [3.63, 3.8) is 0 Å². The molecule has 1 aromatic heterocycles. The van der Waals surface area contributed by atoms with Gasteiger partial charge in [0.05, 0.1) is 0 Å². The van der Waals surface area contributed by atoms with Gasteiger partial charge < -0.3 is 0 Å². The van der Waals surface area contributed by atoms with Crippen molar-refractivity contribution in [1.29, 1.82) is 0 Å². The second-order valence-electron chi connectivity index (χ2n) is 1.62. The van der Waals surface area contributed by atoms with E-state index in [9.17, 15) is 9.18 Å². The van der Waals surface area contributed by atoms with E-state index >= 15 is 0 Å². The van der Waals surface area contributed by atoms with Gasteiger partial charge in [0.2, 0.25) is 5.95 Å². The number of aldehydes is 1. The molecule has 0 aliphatic carbocycles. The number of halogens is 2. The average molecular weight is 204 g/mol. The number of hydrogen-bond acceptors (Lipinski definition) is 2. The highest BCUT2D eigenvalue weighted by molar-refractivity contribution is 9.10. The molecule has 0 aliphatic heterocycles. The van der Waals surface area contributed by atoms with Gasteiger partial charge in [0.1, 0.15) is 5.69 Å². The number of nitrogens with zero attached hydrogens (tertiary/aromatic N) is 1. The normalized spacial score (nSPS) is 9.40. The number of pyridine rings is 1. The lowest BCUT2D eigenvalue weighted by Gasteiger charge is -1.92. The quantitative estimate of drug-likeness (QED) is 0.515. The Morgan fingerprint density at radius 1 is 1.60 bits per heavy atom. The van der Waals surface area contributed by atoms with E-state index in [0.717, 1.165) is 0 Å². The Morgan fingerprint density at radius 2 is 2.30 bits per heavy atom. The maximum atomic E-state index is 12.2. The Labute approximate surface area is 65.2 Å². The molecule has 0 unspecified atom stereocenters. The highest BCUT2D eigenvalue weighted by atomic mass is 79.9. The van der Waals surface area contributed by atoms with Gasteiger partial charge >= 0.3 is 0 Å². The van der Waals surface area contributed by atoms with Crippen molar-refractivity contribution >= 4 is 22.2 Å². The SMILES string of the molecule is O=Cc1nc(F)ccc1Br. The van der Waals surface area contributed by atoms with E-state index in [1.54, 1.807) is 0 Å². The molecule has 1 aromatic rings. The minimum atomic E-state index is -0.648. The van der Waals surface area contributed by atoms with Crippen molar-refractivity contribution < 1.29 is 9.18 Å². The van der Waals surface area contributed by atoms with Crippen molar-refractivity contribution in [3.05, 3.63) is 28.2 Å².